The molecule has 0 saturated carbocycles. The number of nitrogens with two attached hydrogens (primary N) is 1. The zero-order valence-corrected chi connectivity index (χ0v) is 11.0. The van der Waals surface area contributed by atoms with E-state index >= 15 is 0 Å². The number of amidine groups is 1. The molecule has 96 valence electrons. The van der Waals surface area contributed by atoms with Crippen molar-refractivity contribution in [2.45, 2.75) is 19.9 Å². The molecule has 0 aliphatic heterocycles. The van der Waals surface area contributed by atoms with Gasteiger partial charge in [-0.15, -0.1) is 11.8 Å². The molecule has 0 atom stereocenters. The van der Waals surface area contributed by atoms with Gasteiger partial charge in [0.05, 0.1) is 0 Å². The summed E-state index contributed by atoms with van der Waals surface area (Å²) in [5, 5.41) is 15.3. The second-order valence-corrected chi connectivity index (χ2v) is 4.05. The second-order valence-electron chi connectivity index (χ2n) is 3.64. The van der Waals surface area contributed by atoms with Gasteiger partial charge in [0.1, 0.15) is 0 Å². The molecule has 0 aromatic heterocycles. The Morgan fingerprint density at radius 3 is 2.94 bits per heavy atom. The van der Waals surface area contributed by atoms with E-state index in [0.29, 0.717) is 17.1 Å². The molecular weight excluding hydrogens is 250 g/mol. The maximum Gasteiger partial charge on any atom is 0.170 e. The third-order valence-electron chi connectivity index (χ3n) is 2.38. The first-order valence-electron chi connectivity index (χ1n) is 5.55. The van der Waals surface area contributed by atoms with Crippen molar-refractivity contribution in [2.24, 2.45) is 10.9 Å². The van der Waals surface area contributed by atoms with Gasteiger partial charge in [-0.25, -0.2) is 0 Å². The maximum absolute atomic E-state index is 8.57. The van der Waals surface area contributed by atoms with Gasteiger partial charge >= 0.3 is 0 Å². The molecule has 1 rings (SSSR count). The third kappa shape index (κ3) is 4.28. The highest BCUT2D eigenvalue weighted by Crippen LogP contribution is 2.17. The van der Waals surface area contributed by atoms with Crippen molar-refractivity contribution < 1.29 is 5.21 Å². The van der Waals surface area contributed by atoms with E-state index < -0.39 is 0 Å². The Morgan fingerprint density at radius 2 is 2.33 bits per heavy atom. The highest BCUT2D eigenvalue weighted by molar-refractivity contribution is 6.31. The monoisotopic (exact) mass is 265 g/mol. The first-order chi connectivity index (χ1) is 8.69. The zero-order valence-electron chi connectivity index (χ0n) is 10.2. The number of hydrogen-bond donors (Lipinski definition) is 3. The Hall–Kier alpha value is -1.70. The van der Waals surface area contributed by atoms with Gasteiger partial charge in [-0.05, 0) is 18.6 Å². The van der Waals surface area contributed by atoms with Crippen molar-refractivity contribution in [2.75, 3.05) is 6.54 Å². The summed E-state index contributed by atoms with van der Waals surface area (Å²) in [4.78, 5) is 0. The summed E-state index contributed by atoms with van der Waals surface area (Å²) in [6.07, 6.45) is 0.816. The van der Waals surface area contributed by atoms with Crippen LogP contribution in [0.2, 0.25) is 5.02 Å². The molecule has 1 aromatic rings. The van der Waals surface area contributed by atoms with E-state index in [-0.39, 0.29) is 5.84 Å². The predicted octanol–water partition coefficient (Wildman–Crippen LogP) is 1.94. The van der Waals surface area contributed by atoms with E-state index in [1.807, 2.05) is 13.0 Å². The SMILES string of the molecule is CC#CCCNCc1ccc(/C(N)=N/O)cc1Cl. The van der Waals surface area contributed by atoms with Gasteiger partial charge in [0.25, 0.3) is 0 Å². The van der Waals surface area contributed by atoms with Crippen LogP contribution in [-0.2, 0) is 6.54 Å². The molecule has 5 heteroatoms. The summed E-state index contributed by atoms with van der Waals surface area (Å²) in [5.41, 5.74) is 7.05. The summed E-state index contributed by atoms with van der Waals surface area (Å²) < 4.78 is 0. The van der Waals surface area contributed by atoms with Crippen LogP contribution in [0.15, 0.2) is 23.4 Å². The molecule has 0 heterocycles. The lowest BCUT2D eigenvalue weighted by Crippen LogP contribution is -2.16. The van der Waals surface area contributed by atoms with E-state index in [1.54, 1.807) is 12.1 Å². The highest BCUT2D eigenvalue weighted by atomic mass is 35.5. The molecule has 1 aromatic carbocycles. The minimum atomic E-state index is 0.0506. The van der Waals surface area contributed by atoms with Crippen molar-refractivity contribution in [3.63, 3.8) is 0 Å². The van der Waals surface area contributed by atoms with Crippen LogP contribution < -0.4 is 11.1 Å². The van der Waals surface area contributed by atoms with Crippen LogP contribution in [0.1, 0.15) is 24.5 Å². The van der Waals surface area contributed by atoms with Gasteiger partial charge in [0.2, 0.25) is 0 Å². The highest BCUT2D eigenvalue weighted by Gasteiger charge is 2.04. The standard InChI is InChI=1S/C13H16ClN3O/c1-2-3-4-7-16-9-11-6-5-10(8-12(11)14)13(15)17-18/h5-6,8,16,18H,4,7,9H2,1H3,(H2,15,17). The summed E-state index contributed by atoms with van der Waals surface area (Å²) >= 11 is 6.11. The Balaban J connectivity index is 2.59. The summed E-state index contributed by atoms with van der Waals surface area (Å²) in [6, 6.07) is 5.30. The minimum Gasteiger partial charge on any atom is -0.409 e. The molecule has 0 saturated heterocycles. The third-order valence-corrected chi connectivity index (χ3v) is 2.73. The topological polar surface area (TPSA) is 70.6 Å². The smallest absolute Gasteiger partial charge is 0.170 e. The second kappa shape index (κ2) is 7.59. The molecule has 0 aliphatic rings. The Bertz CT molecular complexity index is 489. The van der Waals surface area contributed by atoms with Crippen molar-refractivity contribution in [1.29, 1.82) is 0 Å². The van der Waals surface area contributed by atoms with Gasteiger partial charge in [-0.2, -0.15) is 0 Å². The molecule has 0 bridgehead atoms. The fraction of sp³-hybridized carbons (Fsp3) is 0.308. The average Bonchev–Trinajstić information content (AvgIpc) is 2.39. The molecule has 0 unspecified atom stereocenters. The van der Waals surface area contributed by atoms with E-state index in [0.717, 1.165) is 18.5 Å². The van der Waals surface area contributed by atoms with Crippen LogP contribution in [0.5, 0.6) is 0 Å². The number of halogens is 1. The van der Waals surface area contributed by atoms with Crippen molar-refractivity contribution >= 4 is 17.4 Å². The number of rotatable bonds is 5. The summed E-state index contributed by atoms with van der Waals surface area (Å²) in [5.74, 6) is 5.86. The average molecular weight is 266 g/mol. The van der Waals surface area contributed by atoms with E-state index in [9.17, 15) is 0 Å². The Labute approximate surface area is 112 Å². The zero-order chi connectivity index (χ0) is 13.4. The maximum atomic E-state index is 8.57. The van der Waals surface area contributed by atoms with Crippen molar-refractivity contribution in [3.05, 3.63) is 34.3 Å². The molecule has 18 heavy (non-hydrogen) atoms. The van der Waals surface area contributed by atoms with Crippen molar-refractivity contribution in [3.8, 4) is 11.8 Å². The van der Waals surface area contributed by atoms with Gasteiger partial charge < -0.3 is 16.3 Å². The summed E-state index contributed by atoms with van der Waals surface area (Å²) in [6.45, 7) is 3.31. The van der Waals surface area contributed by atoms with E-state index in [4.69, 9.17) is 22.5 Å². The van der Waals surface area contributed by atoms with Crippen LogP contribution >= 0.6 is 11.6 Å². The van der Waals surface area contributed by atoms with Crippen LogP contribution in [-0.4, -0.2) is 17.6 Å². The molecular formula is C13H16ClN3O. The fourth-order valence-electron chi connectivity index (χ4n) is 1.41. The fourth-order valence-corrected chi connectivity index (χ4v) is 1.65. The molecule has 0 spiro atoms. The predicted molar refractivity (Wildman–Crippen MR) is 73.7 cm³/mol. The minimum absolute atomic E-state index is 0.0506. The lowest BCUT2D eigenvalue weighted by molar-refractivity contribution is 0.318. The summed E-state index contributed by atoms with van der Waals surface area (Å²) in [7, 11) is 0. The van der Waals surface area contributed by atoms with E-state index in [2.05, 4.69) is 22.3 Å². The normalized spacial score (nSPS) is 10.9. The van der Waals surface area contributed by atoms with Crippen molar-refractivity contribution in [1.82, 2.24) is 5.32 Å². The van der Waals surface area contributed by atoms with Crippen LogP contribution in [0.4, 0.5) is 0 Å². The Kier molecular flexibility index (Phi) is 6.06. The van der Waals surface area contributed by atoms with Gasteiger partial charge in [0, 0.05) is 30.1 Å². The number of nitrogens with zero attached hydrogens (tertiary/aromatic N) is 1. The Morgan fingerprint density at radius 1 is 1.56 bits per heavy atom. The first kappa shape index (κ1) is 14.4. The first-order valence-corrected chi connectivity index (χ1v) is 5.93. The lowest BCUT2D eigenvalue weighted by atomic mass is 10.1. The number of nitrogens with one attached hydrogen (secondary N) is 1. The van der Waals surface area contributed by atoms with Gasteiger partial charge in [0.15, 0.2) is 5.84 Å². The molecule has 0 radical (unpaired) electrons. The van der Waals surface area contributed by atoms with Crippen LogP contribution in [0.3, 0.4) is 0 Å². The number of oxime groups is 1. The lowest BCUT2D eigenvalue weighted by Gasteiger charge is -2.07. The molecule has 0 fully saturated rings. The molecule has 0 aliphatic carbocycles. The largest absolute Gasteiger partial charge is 0.409 e. The number of benzene rings is 1. The van der Waals surface area contributed by atoms with Gasteiger partial charge in [-0.1, -0.05) is 28.9 Å². The van der Waals surface area contributed by atoms with E-state index in [1.165, 1.54) is 0 Å². The quantitative estimate of drug-likeness (QED) is 0.190. The molecule has 0 amide bonds. The van der Waals surface area contributed by atoms with Gasteiger partial charge in [-0.3, -0.25) is 0 Å². The van der Waals surface area contributed by atoms with Crippen LogP contribution in [0, 0.1) is 11.8 Å². The van der Waals surface area contributed by atoms with Crippen LogP contribution in [0.25, 0.3) is 0 Å². The molecule has 4 N–H and O–H groups in total. The molecule has 4 nitrogen and oxygen atoms in total. The number of hydrogen-bond acceptors (Lipinski definition) is 3.